The van der Waals surface area contributed by atoms with E-state index >= 15 is 0 Å². The largest absolute Gasteiger partial charge is 0.377 e. The number of imide groups is 1. The second-order valence-corrected chi connectivity index (χ2v) is 7.58. The Labute approximate surface area is 182 Å². The van der Waals surface area contributed by atoms with E-state index in [2.05, 4.69) is 10.6 Å². The minimum Gasteiger partial charge on any atom is -0.377 e. The summed E-state index contributed by atoms with van der Waals surface area (Å²) in [5, 5.41) is 5.58. The summed E-state index contributed by atoms with van der Waals surface area (Å²) in [6.07, 6.45) is 1.82. The van der Waals surface area contributed by atoms with Crippen LogP contribution in [0.25, 0.3) is 0 Å². The molecule has 2 aromatic rings. The molecule has 1 unspecified atom stereocenters. The molecule has 1 saturated heterocycles. The molecular formula is C24H29N3O4. The van der Waals surface area contributed by atoms with Gasteiger partial charge in [-0.2, -0.15) is 0 Å². The Balaban J connectivity index is 1.47. The van der Waals surface area contributed by atoms with Gasteiger partial charge in [0.1, 0.15) is 12.1 Å². The molecule has 7 nitrogen and oxygen atoms in total. The van der Waals surface area contributed by atoms with Crippen molar-refractivity contribution >= 4 is 17.8 Å². The van der Waals surface area contributed by atoms with Gasteiger partial charge in [-0.15, -0.1) is 0 Å². The summed E-state index contributed by atoms with van der Waals surface area (Å²) >= 11 is 0. The molecule has 0 radical (unpaired) electrons. The van der Waals surface area contributed by atoms with Gasteiger partial charge in [0, 0.05) is 13.2 Å². The van der Waals surface area contributed by atoms with Crippen LogP contribution < -0.4 is 10.6 Å². The quantitative estimate of drug-likeness (QED) is 0.430. The number of urea groups is 1. The predicted octanol–water partition coefficient (Wildman–Crippen LogP) is 2.96. The van der Waals surface area contributed by atoms with Crippen LogP contribution in [0.2, 0.25) is 0 Å². The molecule has 164 valence electrons. The van der Waals surface area contributed by atoms with Gasteiger partial charge in [-0.1, -0.05) is 74.0 Å². The summed E-state index contributed by atoms with van der Waals surface area (Å²) in [5.41, 5.74) is 0.714. The molecule has 0 aromatic heterocycles. The SMILES string of the molecule is CCCC1(c2ccccc2)NC(=O)N(CC(=O)NCCCOCc2ccccc2)C1=O. The highest BCUT2D eigenvalue weighted by molar-refractivity contribution is 6.09. The van der Waals surface area contributed by atoms with Gasteiger partial charge in [0.05, 0.1) is 6.61 Å². The first-order chi connectivity index (χ1) is 15.1. The number of amides is 4. The Morgan fingerprint density at radius 3 is 2.42 bits per heavy atom. The van der Waals surface area contributed by atoms with Crippen LogP contribution in [0.5, 0.6) is 0 Å². The summed E-state index contributed by atoms with van der Waals surface area (Å²) in [4.78, 5) is 39.0. The summed E-state index contributed by atoms with van der Waals surface area (Å²) in [7, 11) is 0. The van der Waals surface area contributed by atoms with Gasteiger partial charge >= 0.3 is 6.03 Å². The molecule has 0 bridgehead atoms. The fourth-order valence-corrected chi connectivity index (χ4v) is 3.74. The van der Waals surface area contributed by atoms with Gasteiger partial charge in [0.15, 0.2) is 0 Å². The number of ether oxygens (including phenoxy) is 1. The van der Waals surface area contributed by atoms with Crippen molar-refractivity contribution in [2.24, 2.45) is 0 Å². The number of nitrogens with one attached hydrogen (secondary N) is 2. The van der Waals surface area contributed by atoms with Crippen molar-refractivity contribution in [2.75, 3.05) is 19.7 Å². The van der Waals surface area contributed by atoms with Crippen molar-refractivity contribution in [3.05, 3.63) is 71.8 Å². The number of carbonyl (C=O) groups excluding carboxylic acids is 3. The summed E-state index contributed by atoms with van der Waals surface area (Å²) in [5.74, 6) is -0.751. The van der Waals surface area contributed by atoms with Crippen LogP contribution in [0.1, 0.15) is 37.3 Å². The van der Waals surface area contributed by atoms with Crippen LogP contribution >= 0.6 is 0 Å². The van der Waals surface area contributed by atoms with Gasteiger partial charge in [-0.05, 0) is 24.0 Å². The summed E-state index contributed by atoms with van der Waals surface area (Å²) < 4.78 is 5.59. The number of hydrogen-bond acceptors (Lipinski definition) is 4. The van der Waals surface area contributed by atoms with Crippen molar-refractivity contribution < 1.29 is 19.1 Å². The average Bonchev–Trinajstić information content (AvgIpc) is 3.02. The third-order valence-corrected chi connectivity index (χ3v) is 5.27. The molecule has 0 aliphatic carbocycles. The Morgan fingerprint density at radius 1 is 1.06 bits per heavy atom. The molecule has 4 amide bonds. The van der Waals surface area contributed by atoms with E-state index in [1.165, 1.54) is 0 Å². The predicted molar refractivity (Wildman–Crippen MR) is 117 cm³/mol. The zero-order valence-corrected chi connectivity index (χ0v) is 17.8. The number of nitrogens with zero attached hydrogens (tertiary/aromatic N) is 1. The van der Waals surface area contributed by atoms with Crippen LogP contribution in [-0.2, 0) is 26.5 Å². The molecule has 2 aromatic carbocycles. The minimum absolute atomic E-state index is 0.298. The Bertz CT molecular complexity index is 888. The number of benzene rings is 2. The summed E-state index contributed by atoms with van der Waals surface area (Å²) in [6, 6.07) is 18.5. The first-order valence-corrected chi connectivity index (χ1v) is 10.6. The number of hydrogen-bond donors (Lipinski definition) is 2. The van der Waals surface area contributed by atoms with E-state index in [-0.39, 0.29) is 18.4 Å². The van der Waals surface area contributed by atoms with Crippen LogP contribution in [0, 0.1) is 0 Å². The highest BCUT2D eigenvalue weighted by atomic mass is 16.5. The van der Waals surface area contributed by atoms with E-state index < -0.39 is 11.6 Å². The first kappa shape index (κ1) is 22.5. The van der Waals surface area contributed by atoms with E-state index in [4.69, 9.17) is 4.74 Å². The van der Waals surface area contributed by atoms with Crippen molar-refractivity contribution in [2.45, 2.75) is 38.3 Å². The number of carbonyl (C=O) groups is 3. The molecule has 1 atom stereocenters. The molecule has 7 heteroatoms. The normalized spacial score (nSPS) is 18.2. The molecule has 1 aliphatic heterocycles. The molecule has 1 aliphatic rings. The maximum Gasteiger partial charge on any atom is 0.325 e. The highest BCUT2D eigenvalue weighted by Gasteiger charge is 2.52. The third-order valence-electron chi connectivity index (χ3n) is 5.27. The molecule has 0 spiro atoms. The second-order valence-electron chi connectivity index (χ2n) is 7.58. The topological polar surface area (TPSA) is 87.7 Å². The summed E-state index contributed by atoms with van der Waals surface area (Å²) in [6.45, 7) is 3.10. The molecule has 1 heterocycles. The molecular weight excluding hydrogens is 394 g/mol. The maximum atomic E-state index is 13.2. The standard InChI is InChI=1S/C24H29N3O4/c1-2-14-24(20-12-7-4-8-13-20)22(29)27(23(30)26-24)17-21(28)25-15-9-16-31-18-19-10-5-3-6-11-19/h3-8,10-13H,2,9,14-18H2,1H3,(H,25,28)(H,26,30). The monoisotopic (exact) mass is 423 g/mol. The minimum atomic E-state index is -1.11. The van der Waals surface area contributed by atoms with Crippen LogP contribution in [0.3, 0.4) is 0 Å². The molecule has 3 rings (SSSR count). The van der Waals surface area contributed by atoms with Crippen LogP contribution in [0.15, 0.2) is 60.7 Å². The Kier molecular flexibility index (Phi) is 7.78. The fourth-order valence-electron chi connectivity index (χ4n) is 3.74. The van der Waals surface area contributed by atoms with Crippen LogP contribution in [0.4, 0.5) is 4.79 Å². The lowest BCUT2D eigenvalue weighted by atomic mass is 9.85. The zero-order chi connectivity index (χ0) is 22.1. The van der Waals surface area contributed by atoms with Gasteiger partial charge < -0.3 is 15.4 Å². The van der Waals surface area contributed by atoms with E-state index in [9.17, 15) is 14.4 Å². The lowest BCUT2D eigenvalue weighted by Crippen LogP contribution is -2.45. The Hall–Kier alpha value is -3.19. The van der Waals surface area contributed by atoms with E-state index in [0.29, 0.717) is 39.0 Å². The van der Waals surface area contributed by atoms with Crippen molar-refractivity contribution in [3.63, 3.8) is 0 Å². The van der Waals surface area contributed by atoms with Gasteiger partial charge in [-0.3, -0.25) is 14.5 Å². The first-order valence-electron chi connectivity index (χ1n) is 10.6. The molecule has 2 N–H and O–H groups in total. The van der Waals surface area contributed by atoms with E-state index in [1.54, 1.807) is 0 Å². The fraction of sp³-hybridized carbons (Fsp3) is 0.375. The van der Waals surface area contributed by atoms with Crippen molar-refractivity contribution in [3.8, 4) is 0 Å². The van der Waals surface area contributed by atoms with Crippen molar-refractivity contribution in [1.29, 1.82) is 0 Å². The third kappa shape index (κ3) is 5.49. The smallest absolute Gasteiger partial charge is 0.325 e. The van der Waals surface area contributed by atoms with Crippen molar-refractivity contribution in [1.82, 2.24) is 15.5 Å². The highest BCUT2D eigenvalue weighted by Crippen LogP contribution is 2.33. The molecule has 0 saturated carbocycles. The zero-order valence-electron chi connectivity index (χ0n) is 17.8. The van der Waals surface area contributed by atoms with E-state index in [1.807, 2.05) is 67.6 Å². The van der Waals surface area contributed by atoms with E-state index in [0.717, 1.165) is 16.0 Å². The molecule has 1 fully saturated rings. The molecule has 31 heavy (non-hydrogen) atoms. The maximum absolute atomic E-state index is 13.2. The average molecular weight is 424 g/mol. The second kappa shape index (κ2) is 10.7. The lowest BCUT2D eigenvalue weighted by molar-refractivity contribution is -0.135. The number of rotatable bonds is 11. The Morgan fingerprint density at radius 2 is 1.74 bits per heavy atom. The van der Waals surface area contributed by atoms with Gasteiger partial charge in [0.2, 0.25) is 5.91 Å². The van der Waals surface area contributed by atoms with Gasteiger partial charge in [-0.25, -0.2) is 4.79 Å². The lowest BCUT2D eigenvalue weighted by Gasteiger charge is -2.26. The van der Waals surface area contributed by atoms with Crippen LogP contribution in [-0.4, -0.2) is 42.4 Å². The van der Waals surface area contributed by atoms with Gasteiger partial charge in [0.25, 0.3) is 5.91 Å².